The number of fused-ring (bicyclic) bond motifs is 4. The van der Waals surface area contributed by atoms with Gasteiger partial charge in [0.05, 0.1) is 29.9 Å². The maximum absolute atomic E-state index is 14.1. The molecule has 3 aliphatic heterocycles. The van der Waals surface area contributed by atoms with Crippen molar-refractivity contribution < 1.29 is 22.0 Å². The van der Waals surface area contributed by atoms with E-state index in [1.807, 2.05) is 26.0 Å². The number of nitrogens with zero attached hydrogens (tertiary/aromatic N) is 6. The smallest absolute Gasteiger partial charge is 0.312 e. The predicted octanol–water partition coefficient (Wildman–Crippen LogP) is 4.73. The number of hydrazine groups is 1. The van der Waals surface area contributed by atoms with Crippen LogP contribution in [0, 0.1) is 11.8 Å². The van der Waals surface area contributed by atoms with Crippen molar-refractivity contribution in [2.75, 3.05) is 19.6 Å². The highest BCUT2D eigenvalue weighted by molar-refractivity contribution is 5.70. The minimum absolute atomic E-state index is 0.0199. The Morgan fingerprint density at radius 1 is 1.02 bits per heavy atom. The number of nitrogens with one attached hydrogen (secondary N) is 3. The molecule has 0 saturated carbocycles. The molecule has 3 saturated heterocycles. The maximum Gasteiger partial charge on any atom is 0.436 e. The second kappa shape index (κ2) is 13.7. The van der Waals surface area contributed by atoms with Gasteiger partial charge >= 0.3 is 12.7 Å². The van der Waals surface area contributed by atoms with Crippen LogP contribution in [0.15, 0.2) is 41.6 Å². The molecule has 0 spiro atoms. The molecule has 256 valence electrons. The molecule has 1 aromatic carbocycles. The average molecular weight is 664 g/mol. The fraction of sp³-hybridized carbons (Fsp3) is 0.625. The maximum atomic E-state index is 14.1. The Kier molecular flexibility index (Phi) is 9.79. The van der Waals surface area contributed by atoms with E-state index in [0.29, 0.717) is 48.8 Å². The molecule has 3 aliphatic rings. The first-order valence-corrected chi connectivity index (χ1v) is 16.4. The Bertz CT molecular complexity index is 1590. The molecule has 0 amide bonds. The lowest BCUT2D eigenvalue weighted by Crippen LogP contribution is -2.56. The molecule has 3 aromatic rings. The summed E-state index contributed by atoms with van der Waals surface area (Å²) in [4.78, 5) is 18.6. The van der Waals surface area contributed by atoms with Crippen LogP contribution >= 0.6 is 0 Å². The second-order valence-electron chi connectivity index (χ2n) is 13.5. The van der Waals surface area contributed by atoms with Gasteiger partial charge in [0.25, 0.3) is 5.56 Å². The fourth-order valence-electron chi connectivity index (χ4n) is 7.46. The van der Waals surface area contributed by atoms with Crippen LogP contribution in [-0.4, -0.2) is 73.9 Å². The lowest BCUT2D eigenvalue weighted by atomic mass is 9.79. The minimum atomic E-state index is -4.66. The van der Waals surface area contributed by atoms with E-state index >= 15 is 0 Å². The van der Waals surface area contributed by atoms with E-state index < -0.39 is 18.4 Å². The number of hydrogen-bond donors (Lipinski definition) is 3. The van der Waals surface area contributed by atoms with Crippen LogP contribution in [-0.2, 0) is 6.18 Å². The largest absolute Gasteiger partial charge is 0.436 e. The first-order valence-electron chi connectivity index (χ1n) is 16.4. The SMILES string of the molecule is CC(C)c1ccc(-n2cc(C(F)(F)F)nn2)c(-c2cc(=O)n([C@H]3CCC[C@@H](C)CNC4CNN(C(F)F)C4C4CCNC3C4)cn2)c1. The number of halogens is 5. The predicted molar refractivity (Wildman–Crippen MR) is 166 cm³/mol. The van der Waals surface area contributed by atoms with Crippen LogP contribution in [0.5, 0.6) is 0 Å². The third kappa shape index (κ3) is 7.13. The number of benzene rings is 1. The lowest BCUT2D eigenvalue weighted by Gasteiger charge is -2.42. The number of piperidine rings is 1. The van der Waals surface area contributed by atoms with E-state index in [-0.39, 0.29) is 41.6 Å². The van der Waals surface area contributed by atoms with Crippen LogP contribution in [0.1, 0.15) is 76.1 Å². The van der Waals surface area contributed by atoms with Crippen LogP contribution in [0.25, 0.3) is 16.9 Å². The second-order valence-corrected chi connectivity index (χ2v) is 13.5. The molecule has 6 rings (SSSR count). The van der Waals surface area contributed by atoms with Gasteiger partial charge < -0.3 is 10.6 Å². The molecule has 5 heterocycles. The van der Waals surface area contributed by atoms with Gasteiger partial charge in [0.1, 0.15) is 0 Å². The summed E-state index contributed by atoms with van der Waals surface area (Å²) in [7, 11) is 0. The molecular formula is C32H42F5N9O. The van der Waals surface area contributed by atoms with Gasteiger partial charge in [-0.25, -0.2) is 15.1 Å². The first kappa shape index (κ1) is 33.6. The van der Waals surface area contributed by atoms with Gasteiger partial charge in [0.2, 0.25) is 0 Å². The number of aromatic nitrogens is 5. The number of alkyl halides is 5. The quantitative estimate of drug-likeness (QED) is 0.266. The highest BCUT2D eigenvalue weighted by Crippen LogP contribution is 2.36. The molecule has 0 aliphatic carbocycles. The molecule has 47 heavy (non-hydrogen) atoms. The van der Waals surface area contributed by atoms with E-state index in [1.165, 1.54) is 12.4 Å². The normalized spacial score (nSPS) is 27.9. The average Bonchev–Trinajstić information content (AvgIpc) is 3.70. The summed E-state index contributed by atoms with van der Waals surface area (Å²) in [5, 5.41) is 15.3. The van der Waals surface area contributed by atoms with Crippen molar-refractivity contribution in [2.24, 2.45) is 11.8 Å². The zero-order valence-electron chi connectivity index (χ0n) is 26.7. The van der Waals surface area contributed by atoms with E-state index in [2.05, 4.69) is 38.3 Å². The Morgan fingerprint density at radius 2 is 1.83 bits per heavy atom. The Morgan fingerprint density at radius 3 is 2.53 bits per heavy atom. The third-order valence-corrected chi connectivity index (χ3v) is 9.98. The highest BCUT2D eigenvalue weighted by atomic mass is 19.4. The lowest BCUT2D eigenvalue weighted by molar-refractivity contribution is -0.141. The Balaban J connectivity index is 1.35. The van der Waals surface area contributed by atoms with Gasteiger partial charge in [0.15, 0.2) is 5.69 Å². The summed E-state index contributed by atoms with van der Waals surface area (Å²) in [6.07, 6.45) is 1.53. The molecule has 3 N–H and O–H groups in total. The first-order chi connectivity index (χ1) is 22.4. The zero-order chi connectivity index (χ0) is 33.5. The Labute approximate surface area is 270 Å². The summed E-state index contributed by atoms with van der Waals surface area (Å²) in [5.74, 6) is 0.413. The molecule has 3 fully saturated rings. The monoisotopic (exact) mass is 663 g/mol. The fourth-order valence-corrected chi connectivity index (χ4v) is 7.46. The van der Waals surface area contributed by atoms with E-state index in [1.54, 1.807) is 10.6 Å². The molecule has 4 unspecified atom stereocenters. The third-order valence-electron chi connectivity index (χ3n) is 9.98. The number of hydrogen-bond acceptors (Lipinski definition) is 8. The van der Waals surface area contributed by atoms with E-state index in [9.17, 15) is 26.7 Å². The summed E-state index contributed by atoms with van der Waals surface area (Å²) < 4.78 is 70.9. The molecule has 2 bridgehead atoms. The summed E-state index contributed by atoms with van der Waals surface area (Å²) in [6, 6.07) is 5.83. The van der Waals surface area contributed by atoms with E-state index in [0.717, 1.165) is 47.3 Å². The van der Waals surface area contributed by atoms with Crippen molar-refractivity contribution in [3.05, 3.63) is 58.4 Å². The van der Waals surface area contributed by atoms with Crippen molar-refractivity contribution in [1.82, 2.24) is 45.6 Å². The van der Waals surface area contributed by atoms with Gasteiger partial charge in [-0.3, -0.25) is 9.36 Å². The topological polar surface area (TPSA) is 105 Å². The minimum Gasteiger partial charge on any atom is -0.312 e. The summed E-state index contributed by atoms with van der Waals surface area (Å²) >= 11 is 0. The van der Waals surface area contributed by atoms with Crippen LogP contribution in [0.2, 0.25) is 0 Å². The van der Waals surface area contributed by atoms with Crippen LogP contribution < -0.4 is 21.6 Å². The highest BCUT2D eigenvalue weighted by Gasteiger charge is 2.45. The van der Waals surface area contributed by atoms with Crippen LogP contribution in [0.3, 0.4) is 0 Å². The van der Waals surface area contributed by atoms with Gasteiger partial charge in [-0.05, 0) is 74.2 Å². The zero-order valence-corrected chi connectivity index (χ0v) is 26.7. The van der Waals surface area contributed by atoms with Gasteiger partial charge in [-0.2, -0.15) is 27.0 Å². The van der Waals surface area contributed by atoms with Gasteiger partial charge in [-0.15, -0.1) is 5.10 Å². The molecular weight excluding hydrogens is 621 g/mol. The van der Waals surface area contributed by atoms with E-state index in [4.69, 9.17) is 0 Å². The molecule has 10 nitrogen and oxygen atoms in total. The molecule has 6 atom stereocenters. The summed E-state index contributed by atoms with van der Waals surface area (Å²) in [6.45, 7) is 5.32. The van der Waals surface area contributed by atoms with Crippen molar-refractivity contribution >= 4 is 0 Å². The molecule has 2 aromatic heterocycles. The molecule has 0 radical (unpaired) electrons. The van der Waals surface area contributed by atoms with Crippen molar-refractivity contribution in [3.63, 3.8) is 0 Å². The summed E-state index contributed by atoms with van der Waals surface area (Å²) in [5.41, 5.74) is 3.51. The van der Waals surface area contributed by atoms with Crippen molar-refractivity contribution in [3.8, 4) is 16.9 Å². The molecule has 15 heteroatoms. The standard InChI is InChI=1S/C32H42F5N9O/c1-18(2)20-7-8-26(45-16-28(42-43-45)32(35,36)37)22(11-20)23-13-29(47)44(17-40-23)27-6-4-5-19(3)14-39-25-15-41-46(31(33)34)30(25)21-9-10-38-24(27)12-21/h7-8,11,13,16-19,21,24-25,27,30-31,38-39,41H,4-6,9-10,12,14-15H2,1-3H3/t19-,21?,24?,25?,27+,30?/m1/s1. The van der Waals surface area contributed by atoms with Crippen LogP contribution in [0.4, 0.5) is 22.0 Å². The van der Waals surface area contributed by atoms with Crippen molar-refractivity contribution in [2.45, 2.75) is 95.7 Å². The Hall–Kier alpha value is -3.27. The number of rotatable bonds is 5. The van der Waals surface area contributed by atoms with Gasteiger partial charge in [-0.1, -0.05) is 38.5 Å². The van der Waals surface area contributed by atoms with Crippen molar-refractivity contribution in [1.29, 1.82) is 0 Å². The van der Waals surface area contributed by atoms with Gasteiger partial charge in [0, 0.05) is 36.3 Å².